The van der Waals surface area contributed by atoms with Crippen molar-refractivity contribution in [1.29, 1.82) is 0 Å². The molecule has 0 spiro atoms. The minimum absolute atomic E-state index is 0.00593. The van der Waals surface area contributed by atoms with Crippen molar-refractivity contribution in [3.63, 3.8) is 0 Å². The normalized spacial score (nSPS) is 9.50. The van der Waals surface area contributed by atoms with E-state index >= 15 is 0 Å². The molecule has 0 rings (SSSR count). The van der Waals surface area contributed by atoms with Gasteiger partial charge in [-0.05, 0) is 6.92 Å². The zero-order valence-electron chi connectivity index (χ0n) is 7.55. The number of carbonyl (C=O) groups excluding carboxylic acids is 2. The van der Waals surface area contributed by atoms with Crippen molar-refractivity contribution in [2.24, 2.45) is 0 Å². The minimum atomic E-state index is 0.00593. The Kier molecular flexibility index (Phi) is 6.85. The summed E-state index contributed by atoms with van der Waals surface area (Å²) < 4.78 is 0. The second kappa shape index (κ2) is 7.16. The number of ketones is 1. The summed E-state index contributed by atoms with van der Waals surface area (Å²) in [7, 11) is 0. The van der Waals surface area contributed by atoms with E-state index in [-0.39, 0.29) is 11.7 Å². The summed E-state index contributed by atoms with van der Waals surface area (Å²) in [5.41, 5.74) is 0. The third-order valence-electron chi connectivity index (χ3n) is 1.26. The Labute approximate surface area is 77.3 Å². The fraction of sp³-hybridized carbons (Fsp3) is 0.750. The average molecular weight is 189 g/mol. The van der Waals surface area contributed by atoms with E-state index < -0.39 is 0 Å². The van der Waals surface area contributed by atoms with Crippen LogP contribution < -0.4 is 5.32 Å². The standard InChI is InChI=1S/C8H15NO2S/c1-3-7(10)5-12-6-8(11)9-4-2/h3-6H2,1-2H3,(H,9,11). The molecule has 3 nitrogen and oxygen atoms in total. The van der Waals surface area contributed by atoms with Gasteiger partial charge in [-0.25, -0.2) is 0 Å². The zero-order chi connectivity index (χ0) is 9.40. The van der Waals surface area contributed by atoms with Crippen LogP contribution >= 0.6 is 11.8 Å². The predicted molar refractivity (Wildman–Crippen MR) is 51.3 cm³/mol. The monoisotopic (exact) mass is 189 g/mol. The quantitative estimate of drug-likeness (QED) is 0.673. The van der Waals surface area contributed by atoms with Gasteiger partial charge >= 0.3 is 0 Å². The lowest BCUT2D eigenvalue weighted by Crippen LogP contribution is -2.24. The summed E-state index contributed by atoms with van der Waals surface area (Å²) in [5, 5.41) is 2.67. The van der Waals surface area contributed by atoms with Gasteiger partial charge in [0, 0.05) is 13.0 Å². The first-order valence-corrected chi connectivity index (χ1v) is 5.22. The first-order chi connectivity index (χ1) is 5.70. The van der Waals surface area contributed by atoms with Gasteiger partial charge in [0.1, 0.15) is 5.78 Å². The van der Waals surface area contributed by atoms with E-state index in [4.69, 9.17) is 0 Å². The molecule has 12 heavy (non-hydrogen) atoms. The summed E-state index contributed by atoms with van der Waals surface area (Å²) >= 11 is 1.37. The molecule has 0 aliphatic rings. The summed E-state index contributed by atoms with van der Waals surface area (Å²) in [6.07, 6.45) is 0.558. The molecule has 0 bridgehead atoms. The van der Waals surface area contributed by atoms with Crippen molar-refractivity contribution in [3.8, 4) is 0 Å². The van der Waals surface area contributed by atoms with E-state index in [0.717, 1.165) is 0 Å². The Bertz CT molecular complexity index is 159. The maximum absolute atomic E-state index is 10.9. The second-order valence-corrected chi connectivity index (χ2v) is 3.32. The minimum Gasteiger partial charge on any atom is -0.356 e. The number of thioether (sulfide) groups is 1. The van der Waals surface area contributed by atoms with Crippen molar-refractivity contribution in [2.45, 2.75) is 20.3 Å². The van der Waals surface area contributed by atoms with Gasteiger partial charge < -0.3 is 5.32 Å². The number of rotatable bonds is 6. The van der Waals surface area contributed by atoms with Gasteiger partial charge in [-0.1, -0.05) is 6.92 Å². The van der Waals surface area contributed by atoms with E-state index in [2.05, 4.69) is 5.32 Å². The van der Waals surface area contributed by atoms with Gasteiger partial charge in [0.05, 0.1) is 11.5 Å². The molecule has 1 N–H and O–H groups in total. The second-order valence-electron chi connectivity index (χ2n) is 2.34. The van der Waals surface area contributed by atoms with Gasteiger partial charge in [0.15, 0.2) is 0 Å². The lowest BCUT2D eigenvalue weighted by molar-refractivity contribution is -0.118. The maximum Gasteiger partial charge on any atom is 0.229 e. The molecule has 0 atom stereocenters. The van der Waals surface area contributed by atoms with Gasteiger partial charge in [0.25, 0.3) is 0 Å². The molecule has 0 aliphatic heterocycles. The SMILES string of the molecule is CCNC(=O)CSCC(=O)CC. The molecule has 0 aliphatic carbocycles. The van der Waals surface area contributed by atoms with E-state index in [9.17, 15) is 9.59 Å². The largest absolute Gasteiger partial charge is 0.356 e. The molecule has 0 fully saturated rings. The van der Waals surface area contributed by atoms with Crippen molar-refractivity contribution in [1.82, 2.24) is 5.32 Å². The summed E-state index contributed by atoms with van der Waals surface area (Å²) in [5.74, 6) is 1.04. The van der Waals surface area contributed by atoms with Gasteiger partial charge in [-0.15, -0.1) is 11.8 Å². The van der Waals surface area contributed by atoms with E-state index in [1.165, 1.54) is 11.8 Å². The van der Waals surface area contributed by atoms with Crippen molar-refractivity contribution in [2.75, 3.05) is 18.1 Å². The highest BCUT2D eigenvalue weighted by Gasteiger charge is 2.02. The molecular formula is C8H15NO2S. The molecule has 0 unspecified atom stereocenters. The fourth-order valence-electron chi connectivity index (χ4n) is 0.608. The van der Waals surface area contributed by atoms with Crippen LogP contribution in [-0.2, 0) is 9.59 Å². The Balaban J connectivity index is 3.30. The number of nitrogens with one attached hydrogen (secondary N) is 1. The highest BCUT2D eigenvalue weighted by atomic mass is 32.2. The molecule has 4 heteroatoms. The summed E-state index contributed by atoms with van der Waals surface area (Å²) in [6, 6.07) is 0. The number of Topliss-reactive ketones (excluding diaryl/α,β-unsaturated/α-hetero) is 1. The lowest BCUT2D eigenvalue weighted by atomic mass is 10.4. The highest BCUT2D eigenvalue weighted by molar-refractivity contribution is 8.00. The Hall–Kier alpha value is -0.510. The number of carbonyl (C=O) groups is 2. The third-order valence-corrected chi connectivity index (χ3v) is 2.26. The molecule has 0 aromatic rings. The Morgan fingerprint density at radius 1 is 1.25 bits per heavy atom. The topological polar surface area (TPSA) is 46.2 Å². The molecule has 0 saturated carbocycles. The zero-order valence-corrected chi connectivity index (χ0v) is 8.37. The van der Waals surface area contributed by atoms with Crippen LogP contribution in [0.5, 0.6) is 0 Å². The summed E-state index contributed by atoms with van der Waals surface area (Å²) in [6.45, 7) is 4.36. The number of hydrogen-bond acceptors (Lipinski definition) is 3. The third kappa shape index (κ3) is 6.22. The Morgan fingerprint density at radius 2 is 1.92 bits per heavy atom. The van der Waals surface area contributed by atoms with Crippen LogP contribution in [0.4, 0.5) is 0 Å². The van der Waals surface area contributed by atoms with Gasteiger partial charge in [-0.2, -0.15) is 0 Å². The first-order valence-electron chi connectivity index (χ1n) is 4.06. The maximum atomic E-state index is 10.9. The predicted octanol–water partition coefficient (Wildman–Crippen LogP) is 0.835. The van der Waals surface area contributed by atoms with E-state index in [1.54, 1.807) is 0 Å². The van der Waals surface area contributed by atoms with Crippen molar-refractivity contribution >= 4 is 23.5 Å². The van der Waals surface area contributed by atoms with E-state index in [1.807, 2.05) is 13.8 Å². The molecule has 1 amide bonds. The number of amides is 1. The van der Waals surface area contributed by atoms with E-state index in [0.29, 0.717) is 24.5 Å². The van der Waals surface area contributed by atoms with Gasteiger partial charge in [-0.3, -0.25) is 9.59 Å². The molecule has 0 aromatic carbocycles. The van der Waals surface area contributed by atoms with Gasteiger partial charge in [0.2, 0.25) is 5.91 Å². The molecule has 70 valence electrons. The lowest BCUT2D eigenvalue weighted by Gasteiger charge is -2.00. The molecule has 0 radical (unpaired) electrons. The molecule has 0 heterocycles. The fourth-order valence-corrected chi connectivity index (χ4v) is 1.43. The van der Waals surface area contributed by atoms with Crippen LogP contribution in [-0.4, -0.2) is 29.7 Å². The van der Waals surface area contributed by atoms with Crippen LogP contribution in [0.25, 0.3) is 0 Å². The average Bonchev–Trinajstić information content (AvgIpc) is 2.04. The molecule has 0 aromatic heterocycles. The highest BCUT2D eigenvalue weighted by Crippen LogP contribution is 2.00. The smallest absolute Gasteiger partial charge is 0.229 e. The van der Waals surface area contributed by atoms with Crippen LogP contribution in [0.3, 0.4) is 0 Å². The van der Waals surface area contributed by atoms with Crippen molar-refractivity contribution < 1.29 is 9.59 Å². The molecule has 0 saturated heterocycles. The first kappa shape index (κ1) is 11.5. The van der Waals surface area contributed by atoms with Crippen molar-refractivity contribution in [3.05, 3.63) is 0 Å². The summed E-state index contributed by atoms with van der Waals surface area (Å²) in [4.78, 5) is 21.7. The van der Waals surface area contributed by atoms with Crippen LogP contribution in [0, 0.1) is 0 Å². The Morgan fingerprint density at radius 3 is 2.42 bits per heavy atom. The van der Waals surface area contributed by atoms with Crippen LogP contribution in [0.2, 0.25) is 0 Å². The van der Waals surface area contributed by atoms with Crippen LogP contribution in [0.1, 0.15) is 20.3 Å². The number of hydrogen-bond donors (Lipinski definition) is 1. The molecular weight excluding hydrogens is 174 g/mol. The van der Waals surface area contributed by atoms with Crippen LogP contribution in [0.15, 0.2) is 0 Å².